The molecule has 146 valence electrons. The first kappa shape index (κ1) is 19.1. The lowest BCUT2D eigenvalue weighted by molar-refractivity contribution is 0.273. The topological polar surface area (TPSA) is 18.5 Å². The summed E-state index contributed by atoms with van der Waals surface area (Å²) in [4.78, 5) is 0. The first-order valence-corrected chi connectivity index (χ1v) is 10.2. The van der Waals surface area contributed by atoms with Crippen molar-refractivity contribution in [2.75, 3.05) is 13.2 Å². The molecule has 0 heterocycles. The molecule has 0 aromatic heterocycles. The van der Waals surface area contributed by atoms with Gasteiger partial charge in [-0.2, -0.15) is 0 Å². The van der Waals surface area contributed by atoms with Crippen molar-refractivity contribution in [2.24, 2.45) is 0 Å². The molecule has 0 fully saturated rings. The Labute approximate surface area is 172 Å². The quantitative estimate of drug-likeness (QED) is 0.351. The number of fused-ring (bicyclic) bond motifs is 1. The van der Waals surface area contributed by atoms with Gasteiger partial charge in [0.2, 0.25) is 0 Å². The maximum Gasteiger partial charge on any atom is 0.161 e. The Bertz CT molecular complexity index is 1060. The molecule has 0 radical (unpaired) electrons. The van der Waals surface area contributed by atoms with Crippen LogP contribution in [0.4, 0.5) is 0 Å². The number of aryl methyl sites for hydroxylation is 1. The molecule has 0 bridgehead atoms. The molecule has 2 nitrogen and oxygen atoms in total. The van der Waals surface area contributed by atoms with Crippen LogP contribution < -0.4 is 9.47 Å². The maximum atomic E-state index is 6.18. The Morgan fingerprint density at radius 2 is 1.14 bits per heavy atom. The minimum absolute atomic E-state index is 0.621. The van der Waals surface area contributed by atoms with Crippen LogP contribution in [0.5, 0.6) is 11.5 Å². The van der Waals surface area contributed by atoms with Crippen molar-refractivity contribution < 1.29 is 9.47 Å². The van der Waals surface area contributed by atoms with E-state index >= 15 is 0 Å². The minimum atomic E-state index is 0.621. The molecule has 0 saturated heterocycles. The fraction of sp³-hybridized carbons (Fsp3) is 0.185. The molecule has 0 aliphatic rings. The molecule has 2 heteroatoms. The molecule has 4 rings (SSSR count). The minimum Gasteiger partial charge on any atom is -0.489 e. The molecule has 29 heavy (non-hydrogen) atoms. The van der Waals surface area contributed by atoms with E-state index in [1.807, 2.05) is 12.1 Å². The predicted octanol–water partition coefficient (Wildman–Crippen LogP) is 6.39. The zero-order chi connectivity index (χ0) is 19.9. The van der Waals surface area contributed by atoms with Crippen molar-refractivity contribution in [3.63, 3.8) is 0 Å². The van der Waals surface area contributed by atoms with Gasteiger partial charge in [0, 0.05) is 12.8 Å². The molecular formula is C27H26O2. The van der Waals surface area contributed by atoms with Gasteiger partial charge in [0.05, 0.1) is 13.2 Å². The third-order valence-corrected chi connectivity index (χ3v) is 5.14. The predicted molar refractivity (Wildman–Crippen MR) is 120 cm³/mol. The number of benzene rings is 4. The summed E-state index contributed by atoms with van der Waals surface area (Å²) < 4.78 is 12.3. The number of hydrogen-bond acceptors (Lipinski definition) is 2. The van der Waals surface area contributed by atoms with E-state index in [0.717, 1.165) is 24.3 Å². The van der Waals surface area contributed by atoms with Gasteiger partial charge in [-0.15, -0.1) is 0 Å². The van der Waals surface area contributed by atoms with E-state index in [0.29, 0.717) is 13.2 Å². The monoisotopic (exact) mass is 382 g/mol. The van der Waals surface area contributed by atoms with Crippen LogP contribution in [0.15, 0.2) is 91.0 Å². The Hall–Kier alpha value is -3.26. The molecule has 4 aromatic carbocycles. The molecule has 0 spiro atoms. The van der Waals surface area contributed by atoms with Gasteiger partial charge >= 0.3 is 0 Å². The van der Waals surface area contributed by atoms with Crippen LogP contribution in [0.2, 0.25) is 0 Å². The number of ether oxygens (including phenoxy) is 2. The Morgan fingerprint density at radius 3 is 1.72 bits per heavy atom. The molecule has 0 amide bonds. The van der Waals surface area contributed by atoms with Crippen molar-refractivity contribution in [2.45, 2.75) is 19.8 Å². The number of hydrogen-bond donors (Lipinski definition) is 0. The average Bonchev–Trinajstić information content (AvgIpc) is 2.76. The van der Waals surface area contributed by atoms with Gasteiger partial charge < -0.3 is 9.47 Å². The normalized spacial score (nSPS) is 10.8. The van der Waals surface area contributed by atoms with E-state index in [1.165, 1.54) is 27.5 Å². The molecule has 0 N–H and O–H groups in total. The summed E-state index contributed by atoms with van der Waals surface area (Å²) in [5.41, 5.74) is 3.79. The van der Waals surface area contributed by atoms with Crippen LogP contribution in [0, 0.1) is 6.92 Å². The average molecular weight is 383 g/mol. The third-order valence-electron chi connectivity index (χ3n) is 5.14. The van der Waals surface area contributed by atoms with Gasteiger partial charge in [-0.25, -0.2) is 0 Å². The summed E-state index contributed by atoms with van der Waals surface area (Å²) in [7, 11) is 0. The summed E-state index contributed by atoms with van der Waals surface area (Å²) in [6.45, 7) is 3.37. The van der Waals surface area contributed by atoms with E-state index in [1.54, 1.807) is 0 Å². The van der Waals surface area contributed by atoms with E-state index < -0.39 is 0 Å². The third kappa shape index (κ3) is 4.97. The Kier molecular flexibility index (Phi) is 6.11. The van der Waals surface area contributed by atoms with E-state index in [-0.39, 0.29) is 0 Å². The second kappa shape index (κ2) is 9.29. The van der Waals surface area contributed by atoms with Crippen LogP contribution in [0.3, 0.4) is 0 Å². The van der Waals surface area contributed by atoms with Crippen LogP contribution in [-0.4, -0.2) is 13.2 Å². The molecular weight excluding hydrogens is 356 g/mol. The summed E-state index contributed by atoms with van der Waals surface area (Å²) in [5, 5.41) is 2.38. The zero-order valence-electron chi connectivity index (χ0n) is 16.8. The lowest BCUT2D eigenvalue weighted by Crippen LogP contribution is -2.06. The van der Waals surface area contributed by atoms with Crippen molar-refractivity contribution in [3.05, 3.63) is 108 Å². The summed E-state index contributed by atoms with van der Waals surface area (Å²) in [5.74, 6) is 1.63. The smallest absolute Gasteiger partial charge is 0.161 e. The van der Waals surface area contributed by atoms with Gasteiger partial charge in [0.15, 0.2) is 11.5 Å². The summed E-state index contributed by atoms with van der Waals surface area (Å²) in [6, 6.07) is 31.4. The fourth-order valence-electron chi connectivity index (χ4n) is 3.51. The van der Waals surface area contributed by atoms with Crippen LogP contribution in [0.1, 0.15) is 16.7 Å². The molecule has 0 saturated carbocycles. The number of rotatable bonds is 8. The standard InChI is InChI=1S/C27H26O2/c1-21-9-8-14-24-19-26(28-17-15-22-10-4-2-5-11-22)27(20-25(21)24)29-18-16-23-12-6-3-7-13-23/h2-14,19-20H,15-18H2,1H3. The highest BCUT2D eigenvalue weighted by molar-refractivity contribution is 5.88. The summed E-state index contributed by atoms with van der Waals surface area (Å²) in [6.07, 6.45) is 1.74. The molecule has 0 aliphatic carbocycles. The van der Waals surface area contributed by atoms with Crippen molar-refractivity contribution in [1.82, 2.24) is 0 Å². The second-order valence-electron chi connectivity index (χ2n) is 7.26. The van der Waals surface area contributed by atoms with Gasteiger partial charge in [0.1, 0.15) is 0 Å². The zero-order valence-corrected chi connectivity index (χ0v) is 16.8. The molecule has 0 atom stereocenters. The van der Waals surface area contributed by atoms with Gasteiger partial charge in [0.25, 0.3) is 0 Å². The Balaban J connectivity index is 1.51. The first-order chi connectivity index (χ1) is 14.3. The van der Waals surface area contributed by atoms with E-state index in [9.17, 15) is 0 Å². The molecule has 0 aliphatic heterocycles. The molecule has 0 unspecified atom stereocenters. The maximum absolute atomic E-state index is 6.18. The highest BCUT2D eigenvalue weighted by Crippen LogP contribution is 2.34. The lowest BCUT2D eigenvalue weighted by atomic mass is 10.0. The van der Waals surface area contributed by atoms with Crippen LogP contribution in [0.25, 0.3) is 10.8 Å². The Morgan fingerprint density at radius 1 is 0.586 bits per heavy atom. The first-order valence-electron chi connectivity index (χ1n) is 10.2. The van der Waals surface area contributed by atoms with E-state index in [2.05, 4.69) is 85.8 Å². The molecule has 4 aromatic rings. The van der Waals surface area contributed by atoms with Crippen LogP contribution in [-0.2, 0) is 12.8 Å². The van der Waals surface area contributed by atoms with Gasteiger partial charge in [-0.05, 0) is 46.5 Å². The van der Waals surface area contributed by atoms with Crippen molar-refractivity contribution in [1.29, 1.82) is 0 Å². The SMILES string of the molecule is Cc1cccc2cc(OCCc3ccccc3)c(OCCc3ccccc3)cc12. The van der Waals surface area contributed by atoms with E-state index in [4.69, 9.17) is 9.47 Å². The van der Waals surface area contributed by atoms with Gasteiger partial charge in [-0.1, -0.05) is 78.9 Å². The largest absolute Gasteiger partial charge is 0.489 e. The fourth-order valence-corrected chi connectivity index (χ4v) is 3.51. The van der Waals surface area contributed by atoms with Crippen molar-refractivity contribution >= 4 is 10.8 Å². The van der Waals surface area contributed by atoms with Crippen LogP contribution >= 0.6 is 0 Å². The lowest BCUT2D eigenvalue weighted by Gasteiger charge is -2.15. The second-order valence-corrected chi connectivity index (χ2v) is 7.26. The summed E-state index contributed by atoms with van der Waals surface area (Å²) >= 11 is 0. The highest BCUT2D eigenvalue weighted by Gasteiger charge is 2.10. The van der Waals surface area contributed by atoms with Crippen molar-refractivity contribution in [3.8, 4) is 11.5 Å². The van der Waals surface area contributed by atoms with Gasteiger partial charge in [-0.3, -0.25) is 0 Å². The highest BCUT2D eigenvalue weighted by atomic mass is 16.5.